The predicted molar refractivity (Wildman–Crippen MR) is 66.5 cm³/mol. The highest BCUT2D eigenvalue weighted by molar-refractivity contribution is 4.98. The largest absolute Gasteiger partial charge is 0.512 e. The highest BCUT2D eigenvalue weighted by atomic mass is 16.3. The first-order valence-electron chi connectivity index (χ1n) is 6.20. The van der Waals surface area contributed by atoms with Crippen LogP contribution in [0.3, 0.4) is 0 Å². The minimum Gasteiger partial charge on any atom is -0.512 e. The maximum atomic E-state index is 9.21. The predicted octanol–water partition coefficient (Wildman–Crippen LogP) is 1.72. The summed E-state index contributed by atoms with van der Waals surface area (Å²) in [5.74, 6) is 1.88. The molecule has 2 unspecified atom stereocenters. The van der Waals surface area contributed by atoms with Gasteiger partial charge in [0.1, 0.15) is 0 Å². The van der Waals surface area contributed by atoms with Gasteiger partial charge in [0.05, 0.1) is 12.3 Å². The van der Waals surface area contributed by atoms with Crippen molar-refractivity contribution in [3.8, 4) is 0 Å². The van der Waals surface area contributed by atoms with Crippen LogP contribution in [0.5, 0.6) is 0 Å². The molecular formula is C13H24N2O. The van der Waals surface area contributed by atoms with E-state index in [4.69, 9.17) is 0 Å². The quantitative estimate of drug-likeness (QED) is 0.724. The zero-order valence-electron chi connectivity index (χ0n) is 10.7. The van der Waals surface area contributed by atoms with Crippen LogP contribution < -0.4 is 0 Å². The van der Waals surface area contributed by atoms with Crippen molar-refractivity contribution in [3.05, 3.63) is 12.3 Å². The molecule has 16 heavy (non-hydrogen) atoms. The average molecular weight is 224 g/mol. The van der Waals surface area contributed by atoms with Gasteiger partial charge in [-0.3, -0.25) is 9.80 Å². The molecule has 3 nitrogen and oxygen atoms in total. The highest BCUT2D eigenvalue weighted by Gasteiger charge is 2.42. The summed E-state index contributed by atoms with van der Waals surface area (Å²) in [6.45, 7) is 15.8. The molecule has 2 aliphatic rings. The number of aliphatic hydroxyl groups is 1. The molecule has 0 aromatic rings. The number of fused-ring (bicyclic) bond motifs is 1. The van der Waals surface area contributed by atoms with Crippen LogP contribution in [-0.2, 0) is 0 Å². The van der Waals surface area contributed by atoms with Gasteiger partial charge in [-0.05, 0) is 32.6 Å². The van der Waals surface area contributed by atoms with Crippen molar-refractivity contribution >= 4 is 0 Å². The van der Waals surface area contributed by atoms with E-state index in [1.165, 1.54) is 13.1 Å². The summed E-state index contributed by atoms with van der Waals surface area (Å²) in [4.78, 5) is 4.92. The molecule has 0 spiro atoms. The smallest absolute Gasteiger partial charge is 0.0991 e. The molecule has 2 saturated heterocycles. The number of hydrogen-bond donors (Lipinski definition) is 1. The first-order valence-corrected chi connectivity index (χ1v) is 6.20. The van der Waals surface area contributed by atoms with Crippen molar-refractivity contribution in [2.24, 2.45) is 11.8 Å². The minimum atomic E-state index is 0.299. The van der Waals surface area contributed by atoms with E-state index in [0.29, 0.717) is 17.8 Å². The summed E-state index contributed by atoms with van der Waals surface area (Å²) in [5.41, 5.74) is 0.301. The molecule has 2 heterocycles. The lowest BCUT2D eigenvalue weighted by atomic mass is 10.0. The zero-order valence-corrected chi connectivity index (χ0v) is 10.7. The summed E-state index contributed by atoms with van der Waals surface area (Å²) < 4.78 is 0. The van der Waals surface area contributed by atoms with E-state index in [0.717, 1.165) is 24.9 Å². The van der Waals surface area contributed by atoms with Crippen LogP contribution in [0, 0.1) is 11.8 Å². The van der Waals surface area contributed by atoms with Gasteiger partial charge in [-0.15, -0.1) is 0 Å². The molecule has 2 atom stereocenters. The molecule has 2 aliphatic heterocycles. The van der Waals surface area contributed by atoms with Gasteiger partial charge in [-0.1, -0.05) is 6.58 Å². The van der Waals surface area contributed by atoms with Gasteiger partial charge in [0.2, 0.25) is 0 Å². The van der Waals surface area contributed by atoms with Crippen LogP contribution in [0.25, 0.3) is 0 Å². The Kier molecular flexibility index (Phi) is 3.01. The van der Waals surface area contributed by atoms with Gasteiger partial charge in [-0.25, -0.2) is 0 Å². The standard InChI is InChI=1S/C13H24N2O/c1-10(16)5-14-6-11-8-15(13(2,3)4)9-12(11)7-14/h11-12,16H,1,5-9H2,2-4H3. The van der Waals surface area contributed by atoms with E-state index in [1.54, 1.807) is 0 Å². The summed E-state index contributed by atoms with van der Waals surface area (Å²) >= 11 is 0. The fourth-order valence-electron chi connectivity index (χ4n) is 3.03. The molecule has 2 fully saturated rings. The molecule has 0 bridgehead atoms. The first kappa shape index (κ1) is 11.9. The van der Waals surface area contributed by atoms with Crippen LogP contribution in [0.15, 0.2) is 12.3 Å². The lowest BCUT2D eigenvalue weighted by molar-refractivity contribution is 0.149. The Morgan fingerprint density at radius 1 is 1.19 bits per heavy atom. The van der Waals surface area contributed by atoms with E-state index in [2.05, 4.69) is 37.1 Å². The van der Waals surface area contributed by atoms with Crippen molar-refractivity contribution in [1.29, 1.82) is 0 Å². The van der Waals surface area contributed by atoms with Gasteiger partial charge in [0.15, 0.2) is 0 Å². The van der Waals surface area contributed by atoms with Crippen LogP contribution in [0.1, 0.15) is 20.8 Å². The molecule has 1 N–H and O–H groups in total. The molecule has 0 amide bonds. The molecule has 2 rings (SSSR count). The van der Waals surface area contributed by atoms with E-state index in [9.17, 15) is 5.11 Å². The molecule has 92 valence electrons. The van der Waals surface area contributed by atoms with Crippen LogP contribution in [-0.4, -0.2) is 53.2 Å². The molecule has 0 aromatic carbocycles. The SMILES string of the molecule is C=C(O)CN1CC2CN(C(C)(C)C)CC2C1. The molecule has 0 aromatic heterocycles. The van der Waals surface area contributed by atoms with Crippen molar-refractivity contribution in [3.63, 3.8) is 0 Å². The Hall–Kier alpha value is -0.540. The fourth-order valence-corrected chi connectivity index (χ4v) is 3.03. The summed E-state index contributed by atoms with van der Waals surface area (Å²) in [6.07, 6.45) is 0. The second kappa shape index (κ2) is 4.04. The van der Waals surface area contributed by atoms with Crippen molar-refractivity contribution in [2.45, 2.75) is 26.3 Å². The lowest BCUT2D eigenvalue weighted by Gasteiger charge is -2.33. The van der Waals surface area contributed by atoms with Gasteiger partial charge in [0.25, 0.3) is 0 Å². The lowest BCUT2D eigenvalue weighted by Crippen LogP contribution is -2.41. The molecule has 0 saturated carbocycles. The zero-order chi connectivity index (χ0) is 11.9. The van der Waals surface area contributed by atoms with Gasteiger partial charge in [0, 0.05) is 31.7 Å². The van der Waals surface area contributed by atoms with Crippen LogP contribution >= 0.6 is 0 Å². The normalized spacial score (nSPS) is 31.9. The number of nitrogens with zero attached hydrogens (tertiary/aromatic N) is 2. The third kappa shape index (κ3) is 2.41. The summed E-state index contributed by atoms with van der Waals surface area (Å²) in [6, 6.07) is 0. The second-order valence-corrected chi connectivity index (χ2v) is 6.36. The minimum absolute atomic E-state index is 0.299. The van der Waals surface area contributed by atoms with E-state index >= 15 is 0 Å². The Balaban J connectivity index is 1.89. The van der Waals surface area contributed by atoms with Gasteiger partial charge < -0.3 is 5.11 Å². The van der Waals surface area contributed by atoms with Gasteiger partial charge >= 0.3 is 0 Å². The topological polar surface area (TPSA) is 26.7 Å². The van der Waals surface area contributed by atoms with Crippen molar-refractivity contribution < 1.29 is 5.11 Å². The third-order valence-electron chi connectivity index (χ3n) is 3.92. The first-order chi connectivity index (χ1) is 7.36. The molecule has 0 radical (unpaired) electrons. The average Bonchev–Trinajstić information content (AvgIpc) is 2.57. The Bertz CT molecular complexity index is 268. The number of aliphatic hydroxyl groups excluding tert-OH is 1. The van der Waals surface area contributed by atoms with Crippen LogP contribution in [0.4, 0.5) is 0 Å². The highest BCUT2D eigenvalue weighted by Crippen LogP contribution is 2.34. The second-order valence-electron chi connectivity index (χ2n) is 6.36. The van der Waals surface area contributed by atoms with Gasteiger partial charge in [-0.2, -0.15) is 0 Å². The van der Waals surface area contributed by atoms with E-state index in [-0.39, 0.29) is 0 Å². The Labute approximate surface area is 98.7 Å². The third-order valence-corrected chi connectivity index (χ3v) is 3.92. The Morgan fingerprint density at radius 3 is 2.06 bits per heavy atom. The van der Waals surface area contributed by atoms with Crippen molar-refractivity contribution in [1.82, 2.24) is 9.80 Å². The summed E-state index contributed by atoms with van der Waals surface area (Å²) in [5, 5.41) is 9.21. The molecular weight excluding hydrogens is 200 g/mol. The number of hydrogen-bond acceptors (Lipinski definition) is 3. The van der Waals surface area contributed by atoms with Crippen LogP contribution in [0.2, 0.25) is 0 Å². The number of rotatable bonds is 2. The van der Waals surface area contributed by atoms with E-state index in [1.807, 2.05) is 0 Å². The molecule has 3 heteroatoms. The summed E-state index contributed by atoms with van der Waals surface area (Å²) in [7, 11) is 0. The monoisotopic (exact) mass is 224 g/mol. The Morgan fingerprint density at radius 2 is 1.69 bits per heavy atom. The maximum Gasteiger partial charge on any atom is 0.0991 e. The fraction of sp³-hybridized carbons (Fsp3) is 0.846. The number of likely N-dealkylation sites (tertiary alicyclic amines) is 2. The van der Waals surface area contributed by atoms with E-state index < -0.39 is 0 Å². The molecule has 0 aliphatic carbocycles. The maximum absolute atomic E-state index is 9.21. The van der Waals surface area contributed by atoms with Crippen molar-refractivity contribution in [2.75, 3.05) is 32.7 Å².